The number of amides is 3. The quantitative estimate of drug-likeness (QED) is 0.0809. The Morgan fingerprint density at radius 2 is 1.54 bits per heavy atom. The zero-order valence-electron chi connectivity index (χ0n) is 28.5. The van der Waals surface area contributed by atoms with Gasteiger partial charge in [0.15, 0.2) is 5.13 Å². The van der Waals surface area contributed by atoms with Crippen molar-refractivity contribution in [2.75, 3.05) is 17.2 Å². The van der Waals surface area contributed by atoms with Crippen LogP contribution in [-0.4, -0.2) is 29.3 Å². The normalized spacial score (nSPS) is 11.7. The second kappa shape index (κ2) is 17.3. The predicted octanol–water partition coefficient (Wildman–Crippen LogP) is 9.40. The summed E-state index contributed by atoms with van der Waals surface area (Å²) in [6, 6.07) is 40.8. The van der Waals surface area contributed by atoms with E-state index in [0.717, 1.165) is 27.3 Å². The van der Waals surface area contributed by atoms with Gasteiger partial charge in [-0.25, -0.2) is 4.98 Å². The number of aryl methyl sites for hydroxylation is 1. The Morgan fingerprint density at radius 3 is 2.25 bits per heavy atom. The molecule has 260 valence electrons. The van der Waals surface area contributed by atoms with Crippen LogP contribution in [0.2, 0.25) is 0 Å². The molecule has 0 radical (unpaired) electrons. The SMILES string of the molecule is CCOc1ccc(/C=C(/NC(=O)c2ccccc2)C(=O)Nc2cccc(SC(C(=O)Nc3nc(-c4ccc(C)cc4)cs3)c3ccccc3)c2)cc1. The first kappa shape index (κ1) is 35.8. The minimum absolute atomic E-state index is 0.0612. The first-order chi connectivity index (χ1) is 25.3. The Bertz CT molecular complexity index is 2170. The summed E-state index contributed by atoms with van der Waals surface area (Å²) in [6.07, 6.45) is 1.61. The highest BCUT2D eigenvalue weighted by Gasteiger charge is 2.24. The fourth-order valence-corrected chi connectivity index (χ4v) is 6.98. The third kappa shape index (κ3) is 9.63. The molecule has 1 unspecified atom stereocenters. The highest BCUT2D eigenvalue weighted by molar-refractivity contribution is 8.00. The van der Waals surface area contributed by atoms with Crippen molar-refractivity contribution in [1.82, 2.24) is 10.3 Å². The molecule has 3 amide bonds. The van der Waals surface area contributed by atoms with Gasteiger partial charge < -0.3 is 20.7 Å². The Morgan fingerprint density at radius 1 is 0.827 bits per heavy atom. The molecule has 0 spiro atoms. The molecule has 1 atom stereocenters. The van der Waals surface area contributed by atoms with Crippen molar-refractivity contribution < 1.29 is 19.1 Å². The van der Waals surface area contributed by atoms with Gasteiger partial charge in [0.2, 0.25) is 5.91 Å². The van der Waals surface area contributed by atoms with Crippen LogP contribution in [0.15, 0.2) is 149 Å². The van der Waals surface area contributed by atoms with E-state index in [-0.39, 0.29) is 11.6 Å². The fourth-order valence-electron chi connectivity index (χ4n) is 5.18. The summed E-state index contributed by atoms with van der Waals surface area (Å²) < 4.78 is 5.55. The van der Waals surface area contributed by atoms with Gasteiger partial charge >= 0.3 is 0 Å². The number of nitrogens with zero attached hydrogens (tertiary/aromatic N) is 1. The minimum Gasteiger partial charge on any atom is -0.494 e. The summed E-state index contributed by atoms with van der Waals surface area (Å²) in [4.78, 5) is 46.1. The van der Waals surface area contributed by atoms with E-state index in [0.29, 0.717) is 34.3 Å². The fraction of sp³-hybridized carbons (Fsp3) is 0.0952. The van der Waals surface area contributed by atoms with Crippen molar-refractivity contribution in [2.45, 2.75) is 24.0 Å². The molecule has 0 saturated heterocycles. The number of ether oxygens (including phenoxy) is 1. The first-order valence-electron chi connectivity index (χ1n) is 16.6. The number of nitrogens with one attached hydrogen (secondary N) is 3. The average molecular weight is 725 g/mol. The Labute approximate surface area is 311 Å². The van der Waals surface area contributed by atoms with E-state index in [4.69, 9.17) is 4.74 Å². The molecule has 0 aliphatic rings. The van der Waals surface area contributed by atoms with Crippen LogP contribution >= 0.6 is 23.1 Å². The topological polar surface area (TPSA) is 109 Å². The third-order valence-electron chi connectivity index (χ3n) is 7.80. The minimum atomic E-state index is -0.612. The third-order valence-corrected chi connectivity index (χ3v) is 9.80. The van der Waals surface area contributed by atoms with Crippen molar-refractivity contribution in [3.05, 3.63) is 167 Å². The number of benzene rings is 5. The van der Waals surface area contributed by atoms with Crippen LogP contribution in [0.1, 0.15) is 39.2 Å². The molecule has 3 N–H and O–H groups in total. The summed E-state index contributed by atoms with van der Waals surface area (Å²) in [5.41, 5.74) is 5.43. The van der Waals surface area contributed by atoms with E-state index in [1.807, 2.05) is 104 Å². The zero-order valence-corrected chi connectivity index (χ0v) is 30.2. The molecule has 0 bridgehead atoms. The van der Waals surface area contributed by atoms with Gasteiger partial charge in [0.1, 0.15) is 16.7 Å². The van der Waals surface area contributed by atoms with Gasteiger partial charge in [-0.2, -0.15) is 0 Å². The van der Waals surface area contributed by atoms with Crippen LogP contribution in [0.5, 0.6) is 5.75 Å². The summed E-state index contributed by atoms with van der Waals surface area (Å²) in [7, 11) is 0. The highest BCUT2D eigenvalue weighted by atomic mass is 32.2. The molecule has 6 aromatic rings. The van der Waals surface area contributed by atoms with E-state index in [1.165, 1.54) is 23.1 Å². The molecule has 0 aliphatic carbocycles. The molecular weight excluding hydrogens is 689 g/mol. The highest BCUT2D eigenvalue weighted by Crippen LogP contribution is 2.38. The number of thiazole rings is 1. The number of anilines is 2. The molecule has 1 heterocycles. The number of rotatable bonds is 13. The number of thioether (sulfide) groups is 1. The summed E-state index contributed by atoms with van der Waals surface area (Å²) >= 11 is 2.73. The molecule has 10 heteroatoms. The van der Waals surface area contributed by atoms with Gasteiger partial charge in [-0.05, 0) is 73.5 Å². The van der Waals surface area contributed by atoms with Crippen molar-refractivity contribution in [2.24, 2.45) is 0 Å². The van der Waals surface area contributed by atoms with Crippen molar-refractivity contribution in [1.29, 1.82) is 0 Å². The Hall–Kier alpha value is -5.97. The van der Waals surface area contributed by atoms with Crippen molar-refractivity contribution >= 4 is 57.7 Å². The molecule has 52 heavy (non-hydrogen) atoms. The Kier molecular flexibility index (Phi) is 11.9. The van der Waals surface area contributed by atoms with Gasteiger partial charge in [0.25, 0.3) is 11.8 Å². The average Bonchev–Trinajstić information content (AvgIpc) is 3.63. The molecule has 0 aliphatic heterocycles. The number of aromatic nitrogens is 1. The Balaban J connectivity index is 1.21. The van der Waals surface area contributed by atoms with Crippen molar-refractivity contribution in [3.8, 4) is 17.0 Å². The van der Waals surface area contributed by atoms with Gasteiger partial charge in [0, 0.05) is 27.1 Å². The maximum atomic E-state index is 13.8. The van der Waals surface area contributed by atoms with Gasteiger partial charge in [-0.3, -0.25) is 14.4 Å². The second-order valence-electron chi connectivity index (χ2n) is 11.7. The lowest BCUT2D eigenvalue weighted by molar-refractivity contribution is -0.116. The largest absolute Gasteiger partial charge is 0.494 e. The molecule has 1 aromatic heterocycles. The standard InChI is InChI=1S/C42H36N4O4S2/c1-3-50-34-23-19-29(20-24-34)25-36(44-39(47)32-13-8-5-9-14-32)40(48)43-33-15-10-16-35(26-33)52-38(31-11-6-4-7-12-31)41(49)46-42-45-37(27-51-42)30-21-17-28(2)18-22-30/h4-27,38H,3H2,1-2H3,(H,43,48)(H,44,47)(H,45,46,49)/b36-25+. The molecular formula is C42H36N4O4S2. The predicted molar refractivity (Wildman–Crippen MR) is 211 cm³/mol. The lowest BCUT2D eigenvalue weighted by atomic mass is 10.1. The van der Waals surface area contributed by atoms with Gasteiger partial charge in [0.05, 0.1) is 12.3 Å². The summed E-state index contributed by atoms with van der Waals surface area (Å²) in [6.45, 7) is 4.47. The summed E-state index contributed by atoms with van der Waals surface area (Å²) in [5, 5.41) is 10.5. The molecule has 6 rings (SSSR count). The van der Waals surface area contributed by atoms with Crippen LogP contribution < -0.4 is 20.7 Å². The van der Waals surface area contributed by atoms with Crippen LogP contribution in [0.4, 0.5) is 10.8 Å². The van der Waals surface area contributed by atoms with Gasteiger partial charge in [-0.15, -0.1) is 23.1 Å². The monoisotopic (exact) mass is 724 g/mol. The number of hydrogen-bond donors (Lipinski definition) is 3. The van der Waals surface area contributed by atoms with Gasteiger partial charge in [-0.1, -0.05) is 96.6 Å². The lowest BCUT2D eigenvalue weighted by Gasteiger charge is -2.17. The maximum absolute atomic E-state index is 13.8. The van der Waals surface area contributed by atoms with Crippen molar-refractivity contribution in [3.63, 3.8) is 0 Å². The molecule has 8 nitrogen and oxygen atoms in total. The van der Waals surface area contributed by atoms with Crippen LogP contribution in [0, 0.1) is 6.92 Å². The molecule has 0 saturated carbocycles. The van der Waals surface area contributed by atoms with Crippen LogP contribution in [0.25, 0.3) is 17.3 Å². The summed E-state index contributed by atoms with van der Waals surface area (Å²) in [5.74, 6) is -0.444. The van der Waals surface area contributed by atoms with Crippen LogP contribution in [0.3, 0.4) is 0 Å². The molecule has 0 fully saturated rings. The lowest BCUT2D eigenvalue weighted by Crippen LogP contribution is -2.30. The smallest absolute Gasteiger partial charge is 0.272 e. The van der Waals surface area contributed by atoms with Crippen LogP contribution in [-0.2, 0) is 9.59 Å². The second-order valence-corrected chi connectivity index (χ2v) is 13.7. The number of carbonyl (C=O) groups excluding carboxylic acids is 3. The maximum Gasteiger partial charge on any atom is 0.272 e. The number of hydrogen-bond acceptors (Lipinski definition) is 7. The van der Waals surface area contributed by atoms with E-state index < -0.39 is 17.1 Å². The van der Waals surface area contributed by atoms with E-state index in [1.54, 1.807) is 54.6 Å². The van der Waals surface area contributed by atoms with E-state index >= 15 is 0 Å². The van der Waals surface area contributed by atoms with E-state index in [9.17, 15) is 14.4 Å². The zero-order chi connectivity index (χ0) is 36.3. The van der Waals surface area contributed by atoms with E-state index in [2.05, 4.69) is 20.9 Å². The first-order valence-corrected chi connectivity index (χ1v) is 18.4. The molecule has 5 aromatic carbocycles. The number of carbonyl (C=O) groups is 3.